The van der Waals surface area contributed by atoms with E-state index in [4.69, 9.17) is 4.74 Å². The number of hydrogen-bond donors (Lipinski definition) is 0. The van der Waals surface area contributed by atoms with Crippen molar-refractivity contribution in [2.45, 2.75) is 39.7 Å². The number of Topliss-reactive ketones (excluding diaryl/α,β-unsaturated/α-hetero) is 1. The summed E-state index contributed by atoms with van der Waals surface area (Å²) in [4.78, 5) is 21.2. The lowest BCUT2D eigenvalue weighted by Gasteiger charge is -2.08. The van der Waals surface area contributed by atoms with Gasteiger partial charge in [0.25, 0.3) is 0 Å². The monoisotopic (exact) mass is 158 g/mol. The molecule has 0 radical (unpaired) electrons. The van der Waals surface area contributed by atoms with E-state index in [1.807, 2.05) is 6.92 Å². The summed E-state index contributed by atoms with van der Waals surface area (Å²) in [6.45, 7) is 5.10. The molecule has 11 heavy (non-hydrogen) atoms. The molecule has 0 aliphatic heterocycles. The maximum Gasteiger partial charge on any atom is 0.313 e. The minimum absolute atomic E-state index is 0.0816. The fourth-order valence-corrected chi connectivity index (χ4v) is 0.553. The normalized spacial score (nSPS) is 12.3. The zero-order valence-corrected chi connectivity index (χ0v) is 7.22. The molecular weight excluding hydrogens is 144 g/mol. The van der Waals surface area contributed by atoms with E-state index < -0.39 is 5.97 Å². The number of ketones is 1. The highest BCUT2D eigenvalue weighted by Gasteiger charge is 2.09. The third-order valence-corrected chi connectivity index (χ3v) is 1.30. The fourth-order valence-electron chi connectivity index (χ4n) is 0.553. The maximum atomic E-state index is 10.8. The Morgan fingerprint density at radius 2 is 2.00 bits per heavy atom. The molecule has 0 saturated carbocycles. The molecule has 0 bridgehead atoms. The molecule has 0 spiro atoms. The van der Waals surface area contributed by atoms with Crippen LogP contribution < -0.4 is 0 Å². The van der Waals surface area contributed by atoms with Crippen LogP contribution in [0.5, 0.6) is 0 Å². The van der Waals surface area contributed by atoms with Gasteiger partial charge in [-0.1, -0.05) is 6.92 Å². The highest BCUT2D eigenvalue weighted by molar-refractivity contribution is 5.94. The Kier molecular flexibility index (Phi) is 4.50. The van der Waals surface area contributed by atoms with E-state index in [2.05, 4.69) is 0 Å². The first-order valence-electron chi connectivity index (χ1n) is 3.75. The maximum absolute atomic E-state index is 10.8. The molecule has 0 N–H and O–H groups in total. The van der Waals surface area contributed by atoms with Crippen molar-refractivity contribution in [2.75, 3.05) is 0 Å². The van der Waals surface area contributed by atoms with Crippen molar-refractivity contribution in [1.82, 2.24) is 0 Å². The van der Waals surface area contributed by atoms with Crippen LogP contribution in [0.25, 0.3) is 0 Å². The number of carbonyl (C=O) groups excluding carboxylic acids is 2. The fraction of sp³-hybridized carbons (Fsp3) is 0.750. The molecule has 0 saturated heterocycles. The molecule has 0 aromatic heterocycles. The van der Waals surface area contributed by atoms with Crippen molar-refractivity contribution in [3.63, 3.8) is 0 Å². The van der Waals surface area contributed by atoms with Crippen molar-refractivity contribution in [3.05, 3.63) is 0 Å². The van der Waals surface area contributed by atoms with Gasteiger partial charge in [-0.2, -0.15) is 0 Å². The van der Waals surface area contributed by atoms with Crippen LogP contribution >= 0.6 is 0 Å². The molecular formula is C8H14O3. The van der Waals surface area contributed by atoms with E-state index in [1.165, 1.54) is 6.92 Å². The van der Waals surface area contributed by atoms with Gasteiger partial charge in [0, 0.05) is 0 Å². The number of esters is 1. The topological polar surface area (TPSA) is 43.4 Å². The summed E-state index contributed by atoms with van der Waals surface area (Å²) in [6.07, 6.45) is 0.593. The van der Waals surface area contributed by atoms with E-state index >= 15 is 0 Å². The second-order valence-electron chi connectivity index (χ2n) is 2.59. The van der Waals surface area contributed by atoms with Crippen molar-refractivity contribution in [1.29, 1.82) is 0 Å². The number of carbonyl (C=O) groups is 2. The molecule has 3 nitrogen and oxygen atoms in total. The Labute approximate surface area is 66.7 Å². The van der Waals surface area contributed by atoms with Gasteiger partial charge in [-0.25, -0.2) is 0 Å². The average Bonchev–Trinajstić information content (AvgIpc) is 1.85. The van der Waals surface area contributed by atoms with Crippen LogP contribution in [0.1, 0.15) is 33.6 Å². The minimum atomic E-state index is -0.424. The lowest BCUT2D eigenvalue weighted by atomic mass is 10.3. The van der Waals surface area contributed by atoms with Crippen molar-refractivity contribution in [2.24, 2.45) is 0 Å². The summed E-state index contributed by atoms with van der Waals surface area (Å²) < 4.78 is 4.85. The van der Waals surface area contributed by atoms with E-state index in [0.717, 1.165) is 6.42 Å². The van der Waals surface area contributed by atoms with E-state index in [0.29, 0.717) is 0 Å². The summed E-state index contributed by atoms with van der Waals surface area (Å²) in [7, 11) is 0. The highest BCUT2D eigenvalue weighted by atomic mass is 16.5. The van der Waals surface area contributed by atoms with Gasteiger partial charge in [0.15, 0.2) is 0 Å². The highest BCUT2D eigenvalue weighted by Crippen LogP contribution is 1.98. The number of hydrogen-bond acceptors (Lipinski definition) is 3. The van der Waals surface area contributed by atoms with Crippen LogP contribution in [0.15, 0.2) is 0 Å². The van der Waals surface area contributed by atoms with Gasteiger partial charge < -0.3 is 4.74 Å². The van der Waals surface area contributed by atoms with Crippen LogP contribution in [-0.2, 0) is 14.3 Å². The molecule has 0 aromatic rings. The molecule has 0 aliphatic carbocycles. The van der Waals surface area contributed by atoms with E-state index in [9.17, 15) is 9.59 Å². The van der Waals surface area contributed by atoms with Crippen LogP contribution in [0.3, 0.4) is 0 Å². The van der Waals surface area contributed by atoms with Gasteiger partial charge in [-0.05, 0) is 20.3 Å². The first-order valence-corrected chi connectivity index (χ1v) is 3.75. The third kappa shape index (κ3) is 5.58. The van der Waals surface area contributed by atoms with Crippen molar-refractivity contribution in [3.8, 4) is 0 Å². The molecule has 1 unspecified atom stereocenters. The Balaban J connectivity index is 3.60. The smallest absolute Gasteiger partial charge is 0.313 e. The first kappa shape index (κ1) is 10.1. The molecule has 64 valence electrons. The molecule has 1 atom stereocenters. The van der Waals surface area contributed by atoms with Gasteiger partial charge in [-0.15, -0.1) is 0 Å². The van der Waals surface area contributed by atoms with Crippen molar-refractivity contribution >= 4 is 11.8 Å². The molecule has 0 aliphatic rings. The number of ether oxygens (including phenoxy) is 1. The van der Waals surface area contributed by atoms with Crippen molar-refractivity contribution < 1.29 is 14.3 Å². The Morgan fingerprint density at radius 1 is 1.45 bits per heavy atom. The summed E-state index contributed by atoms with van der Waals surface area (Å²) in [5.74, 6) is -0.579. The number of rotatable bonds is 4. The molecule has 0 fully saturated rings. The Hall–Kier alpha value is -0.860. The molecule has 0 rings (SSSR count). The predicted molar refractivity (Wildman–Crippen MR) is 41.1 cm³/mol. The molecule has 0 aromatic carbocycles. The van der Waals surface area contributed by atoms with Gasteiger partial charge in [-0.3, -0.25) is 9.59 Å². The molecule has 0 heterocycles. The Bertz CT molecular complexity index is 151. The second-order valence-corrected chi connectivity index (χ2v) is 2.59. The van der Waals surface area contributed by atoms with Gasteiger partial charge >= 0.3 is 5.97 Å². The summed E-state index contributed by atoms with van der Waals surface area (Å²) in [6, 6.07) is 0. The lowest BCUT2D eigenvalue weighted by Crippen LogP contribution is -2.15. The summed E-state index contributed by atoms with van der Waals surface area (Å²) in [5.41, 5.74) is 0. The minimum Gasteiger partial charge on any atom is -0.462 e. The van der Waals surface area contributed by atoms with E-state index in [-0.39, 0.29) is 18.3 Å². The lowest BCUT2D eigenvalue weighted by molar-refractivity contribution is -0.149. The van der Waals surface area contributed by atoms with Gasteiger partial charge in [0.05, 0.1) is 6.10 Å². The molecule has 0 amide bonds. The Morgan fingerprint density at radius 3 is 2.36 bits per heavy atom. The van der Waals surface area contributed by atoms with Gasteiger partial charge in [0.2, 0.25) is 0 Å². The van der Waals surface area contributed by atoms with Crippen LogP contribution in [0, 0.1) is 0 Å². The van der Waals surface area contributed by atoms with Crippen LogP contribution in [-0.4, -0.2) is 17.9 Å². The van der Waals surface area contributed by atoms with Crippen LogP contribution in [0.2, 0.25) is 0 Å². The summed E-state index contributed by atoms with van der Waals surface area (Å²) in [5, 5.41) is 0. The standard InChI is InChI=1S/C8H14O3/c1-4-7(3)11-8(10)5-6(2)9/h7H,4-5H2,1-3H3. The SMILES string of the molecule is CCC(C)OC(=O)CC(C)=O. The largest absolute Gasteiger partial charge is 0.462 e. The zero-order chi connectivity index (χ0) is 8.85. The first-order chi connectivity index (χ1) is 5.06. The third-order valence-electron chi connectivity index (χ3n) is 1.30. The summed E-state index contributed by atoms with van der Waals surface area (Å²) >= 11 is 0. The molecule has 3 heteroatoms. The van der Waals surface area contributed by atoms with Crippen LogP contribution in [0.4, 0.5) is 0 Å². The second kappa shape index (κ2) is 4.88. The van der Waals surface area contributed by atoms with Gasteiger partial charge in [0.1, 0.15) is 12.2 Å². The zero-order valence-electron chi connectivity index (χ0n) is 7.22. The quantitative estimate of drug-likeness (QED) is 0.457. The predicted octanol–water partition coefficient (Wildman–Crippen LogP) is 1.31. The van der Waals surface area contributed by atoms with E-state index in [1.54, 1.807) is 6.92 Å². The average molecular weight is 158 g/mol.